The number of aliphatic imine (C=N–C) groups is 1. The quantitative estimate of drug-likeness (QED) is 0.396. The van der Waals surface area contributed by atoms with Gasteiger partial charge in [-0.1, -0.05) is 0 Å². The minimum atomic E-state index is -0.667. The van der Waals surface area contributed by atoms with Crippen LogP contribution in [0.3, 0.4) is 0 Å². The van der Waals surface area contributed by atoms with Crippen LogP contribution in [0.1, 0.15) is 19.8 Å². The molecule has 0 saturated heterocycles. The summed E-state index contributed by atoms with van der Waals surface area (Å²) in [5, 5.41) is 0. The lowest BCUT2D eigenvalue weighted by Crippen LogP contribution is -2.11. The molecule has 1 rings (SSSR count). The summed E-state index contributed by atoms with van der Waals surface area (Å²) < 4.78 is 0. The number of rotatable bonds is 0. The summed E-state index contributed by atoms with van der Waals surface area (Å²) in [5.74, 6) is 0. The molecule has 0 aromatic rings. The van der Waals surface area contributed by atoms with Crippen LogP contribution in [0.5, 0.6) is 0 Å². The van der Waals surface area contributed by atoms with E-state index in [0.717, 1.165) is 6.54 Å². The van der Waals surface area contributed by atoms with Gasteiger partial charge in [-0.3, -0.25) is 4.99 Å². The number of nitrogens with zero attached hydrogens (tertiary/aromatic N) is 1. The average molecular weight is 126 g/mol. The summed E-state index contributed by atoms with van der Waals surface area (Å²) in [6.07, 6.45) is 1.85. The lowest BCUT2D eigenvalue weighted by molar-refractivity contribution is 0.951. The monoisotopic (exact) mass is 127 g/mol. The van der Waals surface area contributed by atoms with Gasteiger partial charge in [-0.2, -0.15) is 0 Å². The molecule has 1 nitrogen and oxygen atoms in total. The Hall–Kier alpha value is -0.0703. The molecular formula is C5H9B4N. The van der Waals surface area contributed by atoms with Crippen molar-refractivity contribution in [2.24, 2.45) is 4.99 Å². The molecular weight excluding hydrogens is 117 g/mol. The zero-order valence-corrected chi connectivity index (χ0v) is 6.38. The lowest BCUT2D eigenvalue weighted by atomic mass is 9.08. The maximum atomic E-state index is 4.67. The molecule has 0 unspecified atom stereocenters. The van der Waals surface area contributed by atoms with Crippen molar-refractivity contribution in [2.45, 2.75) is 19.8 Å². The molecule has 10 heavy (non-hydrogen) atoms. The predicted octanol–water partition coefficient (Wildman–Crippen LogP) is -0.282. The minimum absolute atomic E-state index is 0.667. The molecule has 0 aromatic carbocycles. The molecule has 0 fully saturated rings. The zero-order chi connectivity index (χ0) is 7.98. The fraction of sp³-hybridized carbons (Fsp3) is 0.800. The Morgan fingerprint density at radius 1 is 1.40 bits per heavy atom. The van der Waals surface area contributed by atoms with Crippen molar-refractivity contribution in [1.29, 1.82) is 0 Å². The van der Waals surface area contributed by atoms with E-state index in [1.165, 1.54) is 18.6 Å². The highest BCUT2D eigenvalue weighted by Crippen LogP contribution is 2.00. The van der Waals surface area contributed by atoms with Crippen molar-refractivity contribution in [2.75, 3.05) is 6.54 Å². The third-order valence-corrected chi connectivity index (χ3v) is 1.08. The first-order chi connectivity index (χ1) is 4.63. The molecule has 6 radical (unpaired) electrons. The zero-order valence-electron chi connectivity index (χ0n) is 6.38. The van der Waals surface area contributed by atoms with Crippen molar-refractivity contribution < 1.29 is 0 Å². The fourth-order valence-electron chi connectivity index (χ4n) is 0.684. The summed E-state index contributed by atoms with van der Waals surface area (Å²) in [6, 6.07) is 0. The van der Waals surface area contributed by atoms with Crippen molar-refractivity contribution in [3.05, 3.63) is 0 Å². The highest BCUT2D eigenvalue weighted by atomic mass is 14.7. The van der Waals surface area contributed by atoms with E-state index in [1.54, 1.807) is 0 Å². The van der Waals surface area contributed by atoms with Gasteiger partial charge in [0.05, 0.1) is 0 Å². The predicted molar refractivity (Wildman–Crippen MR) is 50.2 cm³/mol. The third-order valence-electron chi connectivity index (χ3n) is 1.08. The smallest absolute Gasteiger partial charge is 0.0392 e. The Bertz CT molecular complexity index is 109. The molecule has 0 bridgehead atoms. The van der Waals surface area contributed by atoms with E-state index in [0.29, 0.717) is 0 Å². The van der Waals surface area contributed by atoms with Crippen LogP contribution in [0.4, 0.5) is 0 Å². The Balaban J connectivity index is 0.000000180. The summed E-state index contributed by atoms with van der Waals surface area (Å²) in [7, 11) is 14.0. The Morgan fingerprint density at radius 3 is 2.00 bits per heavy atom. The van der Waals surface area contributed by atoms with Gasteiger partial charge in [0, 0.05) is 41.9 Å². The molecule has 0 saturated carbocycles. The first-order valence-corrected chi connectivity index (χ1v) is 3.39. The minimum Gasteiger partial charge on any atom is -0.294 e. The van der Waals surface area contributed by atoms with Gasteiger partial charge in [0.25, 0.3) is 0 Å². The van der Waals surface area contributed by atoms with Gasteiger partial charge in [-0.15, -0.1) is 0 Å². The van der Waals surface area contributed by atoms with Gasteiger partial charge in [-0.25, -0.2) is 0 Å². The molecule has 0 aliphatic carbocycles. The van der Waals surface area contributed by atoms with Crippen LogP contribution in [0, 0.1) is 0 Å². The van der Waals surface area contributed by atoms with Gasteiger partial charge in [0.2, 0.25) is 0 Å². The molecule has 0 aromatic heterocycles. The van der Waals surface area contributed by atoms with E-state index < -0.39 is 6.39 Å². The number of hydrogen-bond acceptors (Lipinski definition) is 1. The maximum absolute atomic E-state index is 4.67. The van der Waals surface area contributed by atoms with Gasteiger partial charge < -0.3 is 0 Å². The summed E-state index contributed by atoms with van der Waals surface area (Å²) in [5.41, 5.74) is 1.33. The summed E-state index contributed by atoms with van der Waals surface area (Å²) in [4.78, 5) is 4.15. The van der Waals surface area contributed by atoms with Crippen LogP contribution in [-0.4, -0.2) is 41.9 Å². The van der Waals surface area contributed by atoms with Crippen LogP contribution in [-0.2, 0) is 0 Å². The molecule has 1 aliphatic rings. The van der Waals surface area contributed by atoms with E-state index in [2.05, 4.69) is 35.1 Å². The van der Waals surface area contributed by atoms with E-state index >= 15 is 0 Å². The molecule has 0 atom stereocenters. The SMILES string of the molecule is CC1=NCCC1.[B]B([B])[B]. The first-order valence-electron chi connectivity index (χ1n) is 3.39. The van der Waals surface area contributed by atoms with Crippen LogP contribution < -0.4 is 0 Å². The second kappa shape index (κ2) is 5.69. The second-order valence-electron chi connectivity index (χ2n) is 2.30. The highest BCUT2D eigenvalue weighted by Gasteiger charge is 1.96. The van der Waals surface area contributed by atoms with Crippen LogP contribution in [0.15, 0.2) is 4.99 Å². The standard InChI is InChI=1S/C5H9N.B4/c1-5-3-2-4-6-5;1-4(2)3/h2-4H2,1H3;. The molecule has 0 spiro atoms. The topological polar surface area (TPSA) is 12.4 Å². The normalized spacial score (nSPS) is 15.1. The van der Waals surface area contributed by atoms with Crippen LogP contribution in [0.25, 0.3) is 0 Å². The first kappa shape index (κ1) is 9.93. The average Bonchev–Trinajstić information content (AvgIpc) is 2.15. The Kier molecular flexibility index (Phi) is 5.65. The van der Waals surface area contributed by atoms with E-state index in [4.69, 9.17) is 0 Å². The van der Waals surface area contributed by atoms with Crippen LogP contribution >= 0.6 is 0 Å². The molecule has 5 heteroatoms. The molecule has 0 amide bonds. The van der Waals surface area contributed by atoms with Crippen LogP contribution in [0.2, 0.25) is 0 Å². The molecule has 1 heterocycles. The Morgan fingerprint density at radius 2 is 1.90 bits per heavy atom. The van der Waals surface area contributed by atoms with Crippen molar-refractivity contribution in [1.82, 2.24) is 0 Å². The van der Waals surface area contributed by atoms with E-state index in [-0.39, 0.29) is 0 Å². The van der Waals surface area contributed by atoms with Gasteiger partial charge in [0.15, 0.2) is 0 Å². The fourth-order valence-corrected chi connectivity index (χ4v) is 0.684. The number of hydrogen-bond donors (Lipinski definition) is 0. The van der Waals surface area contributed by atoms with Gasteiger partial charge in [-0.05, 0) is 19.8 Å². The highest BCUT2D eigenvalue weighted by molar-refractivity contribution is 7.49. The third kappa shape index (κ3) is 7.93. The largest absolute Gasteiger partial charge is 0.294 e. The molecule has 1 aliphatic heterocycles. The summed E-state index contributed by atoms with van der Waals surface area (Å²) >= 11 is 0. The van der Waals surface area contributed by atoms with Crippen molar-refractivity contribution >= 4 is 35.3 Å². The molecule has 0 N–H and O–H groups in total. The maximum Gasteiger partial charge on any atom is 0.0392 e. The Labute approximate surface area is 67.3 Å². The van der Waals surface area contributed by atoms with E-state index in [9.17, 15) is 0 Å². The van der Waals surface area contributed by atoms with Crippen molar-refractivity contribution in [3.63, 3.8) is 0 Å². The van der Waals surface area contributed by atoms with Gasteiger partial charge >= 0.3 is 0 Å². The summed E-state index contributed by atoms with van der Waals surface area (Å²) in [6.45, 7) is 3.17. The van der Waals surface area contributed by atoms with Gasteiger partial charge in [0.1, 0.15) is 0 Å². The van der Waals surface area contributed by atoms with E-state index in [1.807, 2.05) is 0 Å². The van der Waals surface area contributed by atoms with Crippen molar-refractivity contribution in [3.8, 4) is 0 Å². The second-order valence-corrected chi connectivity index (χ2v) is 2.30. The molecule has 46 valence electrons. The lowest BCUT2D eigenvalue weighted by Gasteiger charge is -1.76.